The number of methoxy groups -OCH3 is 1. The third-order valence-corrected chi connectivity index (χ3v) is 5.64. The molecule has 0 spiro atoms. The predicted octanol–water partition coefficient (Wildman–Crippen LogP) is 0.471. The van der Waals surface area contributed by atoms with E-state index in [1.165, 1.54) is 4.90 Å². The van der Waals surface area contributed by atoms with E-state index in [1.54, 1.807) is 13.3 Å². The van der Waals surface area contributed by atoms with Crippen molar-refractivity contribution in [1.29, 1.82) is 0 Å². The second kappa shape index (κ2) is 8.17. The number of piperazine rings is 1. The minimum Gasteiger partial charge on any atom is -0.496 e. The van der Waals surface area contributed by atoms with Gasteiger partial charge in [-0.3, -0.25) is 14.4 Å². The highest BCUT2D eigenvalue weighted by atomic mass is 16.5. The summed E-state index contributed by atoms with van der Waals surface area (Å²) in [6, 6.07) is 5.48. The lowest BCUT2D eigenvalue weighted by Crippen LogP contribution is -2.50. The van der Waals surface area contributed by atoms with Gasteiger partial charge in [0.05, 0.1) is 13.7 Å². The number of carbonyl (C=O) groups excluding carboxylic acids is 3. The summed E-state index contributed by atoms with van der Waals surface area (Å²) < 4.78 is 7.27. The van der Waals surface area contributed by atoms with Crippen molar-refractivity contribution >= 4 is 17.7 Å². The molecule has 0 unspecified atom stereocenters. The van der Waals surface area contributed by atoms with Gasteiger partial charge in [-0.15, -0.1) is 0 Å². The van der Waals surface area contributed by atoms with Crippen LogP contribution in [0, 0.1) is 6.92 Å². The first-order chi connectivity index (χ1) is 14.5. The van der Waals surface area contributed by atoms with Gasteiger partial charge >= 0.3 is 0 Å². The zero-order valence-electron chi connectivity index (χ0n) is 17.2. The first kappa shape index (κ1) is 19.9. The van der Waals surface area contributed by atoms with Crippen LogP contribution in [-0.4, -0.2) is 76.9 Å². The van der Waals surface area contributed by atoms with Crippen molar-refractivity contribution in [1.82, 2.24) is 24.7 Å². The molecule has 1 aromatic carbocycles. The Morgan fingerprint density at radius 1 is 1.10 bits per heavy atom. The molecule has 2 aliphatic rings. The zero-order valence-corrected chi connectivity index (χ0v) is 17.2. The summed E-state index contributed by atoms with van der Waals surface area (Å²) in [7, 11) is 1.59. The van der Waals surface area contributed by atoms with Gasteiger partial charge in [0.1, 0.15) is 17.3 Å². The molecule has 2 aromatic rings. The molecule has 9 heteroatoms. The van der Waals surface area contributed by atoms with Crippen LogP contribution < -0.4 is 10.1 Å². The highest BCUT2D eigenvalue weighted by Gasteiger charge is 2.27. The molecule has 3 heterocycles. The summed E-state index contributed by atoms with van der Waals surface area (Å²) in [5.41, 5.74) is 1.81. The van der Waals surface area contributed by atoms with E-state index in [0.29, 0.717) is 56.2 Å². The number of ether oxygens (including phenoxy) is 1. The standard InChI is InChI=1S/C21H25N5O4/c1-14-15(4-3-5-17(14)30-2)20(28)24-8-6-18-23-16(12-25(18)11-10-24)21(29)26-9-7-22-19(27)13-26/h3-5,12H,6-11,13H2,1-2H3,(H,22,27). The number of amides is 3. The number of nitrogens with zero attached hydrogens (tertiary/aromatic N) is 4. The summed E-state index contributed by atoms with van der Waals surface area (Å²) in [5, 5.41) is 2.71. The topological polar surface area (TPSA) is 96.8 Å². The molecule has 0 atom stereocenters. The van der Waals surface area contributed by atoms with Crippen LogP contribution in [0.5, 0.6) is 5.75 Å². The van der Waals surface area contributed by atoms with Gasteiger partial charge in [0, 0.05) is 56.5 Å². The van der Waals surface area contributed by atoms with E-state index < -0.39 is 0 Å². The third-order valence-electron chi connectivity index (χ3n) is 5.64. The molecule has 30 heavy (non-hydrogen) atoms. The number of imidazole rings is 1. The Morgan fingerprint density at radius 3 is 2.70 bits per heavy atom. The molecular weight excluding hydrogens is 386 g/mol. The van der Waals surface area contributed by atoms with Crippen molar-refractivity contribution in [3.05, 3.63) is 47.0 Å². The molecule has 4 rings (SSSR count). The van der Waals surface area contributed by atoms with Gasteiger partial charge in [-0.2, -0.15) is 0 Å². The molecule has 1 N–H and O–H groups in total. The van der Waals surface area contributed by atoms with Gasteiger partial charge in [0.2, 0.25) is 5.91 Å². The normalized spacial score (nSPS) is 16.5. The zero-order chi connectivity index (χ0) is 21.3. The lowest BCUT2D eigenvalue weighted by Gasteiger charge is -2.25. The molecule has 1 saturated heterocycles. The third kappa shape index (κ3) is 3.74. The highest BCUT2D eigenvalue weighted by molar-refractivity contribution is 5.96. The maximum Gasteiger partial charge on any atom is 0.274 e. The lowest BCUT2D eigenvalue weighted by atomic mass is 10.1. The molecule has 2 aliphatic heterocycles. The monoisotopic (exact) mass is 411 g/mol. The minimum atomic E-state index is -0.231. The fourth-order valence-corrected chi connectivity index (χ4v) is 3.94. The Kier molecular flexibility index (Phi) is 5.43. The van der Waals surface area contributed by atoms with Crippen LogP contribution >= 0.6 is 0 Å². The van der Waals surface area contributed by atoms with Crippen molar-refractivity contribution in [2.45, 2.75) is 19.9 Å². The van der Waals surface area contributed by atoms with Crippen LogP contribution in [0.2, 0.25) is 0 Å². The maximum absolute atomic E-state index is 13.1. The molecule has 0 bridgehead atoms. The van der Waals surface area contributed by atoms with Crippen LogP contribution in [0.1, 0.15) is 32.2 Å². The number of rotatable bonds is 3. The Balaban J connectivity index is 1.46. The number of benzene rings is 1. The molecule has 158 valence electrons. The average molecular weight is 411 g/mol. The molecule has 0 aliphatic carbocycles. The smallest absolute Gasteiger partial charge is 0.274 e. The van der Waals surface area contributed by atoms with Crippen LogP contribution in [0.25, 0.3) is 0 Å². The van der Waals surface area contributed by atoms with Crippen LogP contribution in [0.4, 0.5) is 0 Å². The van der Waals surface area contributed by atoms with Crippen LogP contribution in [-0.2, 0) is 17.8 Å². The van der Waals surface area contributed by atoms with Crippen molar-refractivity contribution in [3.8, 4) is 5.75 Å². The number of nitrogens with one attached hydrogen (secondary N) is 1. The summed E-state index contributed by atoms with van der Waals surface area (Å²) in [4.78, 5) is 45.2. The second-order valence-electron chi connectivity index (χ2n) is 7.49. The second-order valence-corrected chi connectivity index (χ2v) is 7.49. The van der Waals surface area contributed by atoms with Crippen molar-refractivity contribution < 1.29 is 19.1 Å². The van der Waals surface area contributed by atoms with Gasteiger partial charge in [-0.25, -0.2) is 4.98 Å². The number of carbonyl (C=O) groups is 3. The lowest BCUT2D eigenvalue weighted by molar-refractivity contribution is -0.123. The Morgan fingerprint density at radius 2 is 1.93 bits per heavy atom. The van der Waals surface area contributed by atoms with E-state index in [0.717, 1.165) is 11.4 Å². The van der Waals surface area contributed by atoms with Crippen molar-refractivity contribution in [2.24, 2.45) is 0 Å². The van der Waals surface area contributed by atoms with Gasteiger partial charge in [0.15, 0.2) is 0 Å². The van der Waals surface area contributed by atoms with Gasteiger partial charge in [-0.1, -0.05) is 6.07 Å². The Hall–Kier alpha value is -3.36. The fourth-order valence-electron chi connectivity index (χ4n) is 3.94. The van der Waals surface area contributed by atoms with E-state index in [2.05, 4.69) is 10.3 Å². The summed E-state index contributed by atoms with van der Waals surface area (Å²) >= 11 is 0. The largest absolute Gasteiger partial charge is 0.496 e. The molecule has 0 radical (unpaired) electrons. The van der Waals surface area contributed by atoms with E-state index in [9.17, 15) is 14.4 Å². The number of aromatic nitrogens is 2. The summed E-state index contributed by atoms with van der Waals surface area (Å²) in [6.07, 6.45) is 2.29. The van der Waals surface area contributed by atoms with Gasteiger partial charge in [-0.05, 0) is 19.1 Å². The molecule has 1 aromatic heterocycles. The molecular formula is C21H25N5O4. The first-order valence-corrected chi connectivity index (χ1v) is 10.0. The molecule has 3 amide bonds. The van der Waals surface area contributed by atoms with Gasteiger partial charge in [0.25, 0.3) is 11.8 Å². The summed E-state index contributed by atoms with van der Waals surface area (Å²) in [6.45, 7) is 4.49. The van der Waals surface area contributed by atoms with E-state index in [4.69, 9.17) is 4.74 Å². The van der Waals surface area contributed by atoms with Crippen molar-refractivity contribution in [2.75, 3.05) is 39.8 Å². The van der Waals surface area contributed by atoms with E-state index >= 15 is 0 Å². The fraction of sp³-hybridized carbons (Fsp3) is 0.429. The van der Waals surface area contributed by atoms with Gasteiger partial charge < -0.3 is 24.4 Å². The Bertz CT molecular complexity index is 974. The summed E-state index contributed by atoms with van der Waals surface area (Å²) in [5.74, 6) is 1.05. The first-order valence-electron chi connectivity index (χ1n) is 10.0. The van der Waals surface area contributed by atoms with E-state index in [-0.39, 0.29) is 24.3 Å². The highest BCUT2D eigenvalue weighted by Crippen LogP contribution is 2.23. The SMILES string of the molecule is COc1cccc(C(=O)N2CCc3nc(C(=O)N4CCNC(=O)C4)cn3CC2)c1C. The number of hydrogen-bond acceptors (Lipinski definition) is 5. The average Bonchev–Trinajstić information content (AvgIpc) is 3.06. The number of hydrogen-bond donors (Lipinski definition) is 1. The number of fused-ring (bicyclic) bond motifs is 1. The van der Waals surface area contributed by atoms with E-state index in [1.807, 2.05) is 34.6 Å². The predicted molar refractivity (Wildman–Crippen MR) is 108 cm³/mol. The van der Waals surface area contributed by atoms with Crippen LogP contribution in [0.15, 0.2) is 24.4 Å². The Labute approximate surface area is 174 Å². The molecule has 9 nitrogen and oxygen atoms in total. The molecule has 1 fully saturated rings. The molecule has 0 saturated carbocycles. The van der Waals surface area contributed by atoms with Crippen molar-refractivity contribution in [3.63, 3.8) is 0 Å². The van der Waals surface area contributed by atoms with Crippen LogP contribution in [0.3, 0.4) is 0 Å². The quantitative estimate of drug-likeness (QED) is 0.792. The maximum atomic E-state index is 13.1. The minimum absolute atomic E-state index is 0.0345.